The number of aryl methyl sites for hydroxylation is 1. The molecule has 0 atom stereocenters. The molecule has 6 nitrogen and oxygen atoms in total. The molecular formula is C29H40N4O2. The number of amides is 2. The molecule has 2 aromatic carbocycles. The fourth-order valence-corrected chi connectivity index (χ4v) is 5.10. The molecule has 1 saturated heterocycles. The minimum atomic E-state index is -0.201. The van der Waals surface area contributed by atoms with Crippen molar-refractivity contribution in [2.45, 2.75) is 65.5 Å². The van der Waals surface area contributed by atoms with Gasteiger partial charge in [0.15, 0.2) is 0 Å². The van der Waals surface area contributed by atoms with Crippen LogP contribution in [0.5, 0.6) is 0 Å². The molecule has 1 fully saturated rings. The third-order valence-electron chi connectivity index (χ3n) is 6.91. The first-order chi connectivity index (χ1) is 16.7. The monoisotopic (exact) mass is 476 g/mol. The Morgan fingerprint density at radius 3 is 2.43 bits per heavy atom. The number of rotatable bonds is 8. The van der Waals surface area contributed by atoms with E-state index in [2.05, 4.69) is 57.4 Å². The van der Waals surface area contributed by atoms with E-state index >= 15 is 0 Å². The van der Waals surface area contributed by atoms with Gasteiger partial charge in [0.25, 0.3) is 5.91 Å². The van der Waals surface area contributed by atoms with Crippen LogP contribution in [0.3, 0.4) is 0 Å². The molecule has 1 aromatic heterocycles. The molecule has 2 amide bonds. The zero-order valence-corrected chi connectivity index (χ0v) is 21.7. The van der Waals surface area contributed by atoms with Crippen molar-refractivity contribution in [2.24, 2.45) is 5.92 Å². The summed E-state index contributed by atoms with van der Waals surface area (Å²) in [5.41, 5.74) is 2.94. The van der Waals surface area contributed by atoms with Crippen LogP contribution in [0.25, 0.3) is 21.8 Å². The molecule has 0 unspecified atom stereocenters. The van der Waals surface area contributed by atoms with Crippen LogP contribution in [0, 0.1) is 5.92 Å². The van der Waals surface area contributed by atoms with Crippen molar-refractivity contribution in [1.82, 2.24) is 20.1 Å². The Hall–Kier alpha value is -2.86. The van der Waals surface area contributed by atoms with Crippen molar-refractivity contribution >= 4 is 33.6 Å². The first-order valence-electron chi connectivity index (χ1n) is 13.1. The van der Waals surface area contributed by atoms with E-state index in [4.69, 9.17) is 0 Å². The average Bonchev–Trinajstić information content (AvgIpc) is 3.14. The quantitative estimate of drug-likeness (QED) is 0.483. The van der Waals surface area contributed by atoms with Crippen molar-refractivity contribution in [3.8, 4) is 0 Å². The standard InChI is InChI=1S/C29H40N4O2/c1-5-6-15-33-25-10-8-7-9-23(25)24-18-22(11-12-26(24)33)28(35)30-19-21-13-16-32(17-14-21)20-27(34)31-29(2,3)4/h7-12,18,21H,5-6,13-17,19-20H2,1-4H3,(H,30,35)(H,31,34). The summed E-state index contributed by atoms with van der Waals surface area (Å²) < 4.78 is 2.38. The van der Waals surface area contributed by atoms with Crippen LogP contribution >= 0.6 is 0 Å². The number of benzene rings is 2. The summed E-state index contributed by atoms with van der Waals surface area (Å²) >= 11 is 0. The average molecular weight is 477 g/mol. The van der Waals surface area contributed by atoms with E-state index < -0.39 is 0 Å². The van der Waals surface area contributed by atoms with Gasteiger partial charge in [-0.2, -0.15) is 0 Å². The van der Waals surface area contributed by atoms with Crippen molar-refractivity contribution in [1.29, 1.82) is 0 Å². The second kappa shape index (κ2) is 10.8. The van der Waals surface area contributed by atoms with Gasteiger partial charge in [-0.3, -0.25) is 14.5 Å². The van der Waals surface area contributed by atoms with Gasteiger partial charge in [0.1, 0.15) is 0 Å². The highest BCUT2D eigenvalue weighted by Gasteiger charge is 2.23. The van der Waals surface area contributed by atoms with Crippen LogP contribution in [-0.4, -0.2) is 53.0 Å². The zero-order chi connectivity index (χ0) is 25.0. The molecule has 1 aliphatic heterocycles. The summed E-state index contributed by atoms with van der Waals surface area (Å²) in [6, 6.07) is 14.6. The van der Waals surface area contributed by atoms with Gasteiger partial charge < -0.3 is 15.2 Å². The number of likely N-dealkylation sites (tertiary alicyclic amines) is 1. The molecule has 188 valence electrons. The fraction of sp³-hybridized carbons (Fsp3) is 0.517. The van der Waals surface area contributed by atoms with Gasteiger partial charge in [-0.1, -0.05) is 31.5 Å². The molecule has 2 heterocycles. The van der Waals surface area contributed by atoms with Crippen molar-refractivity contribution in [3.05, 3.63) is 48.0 Å². The van der Waals surface area contributed by atoms with E-state index in [9.17, 15) is 9.59 Å². The number of carbonyl (C=O) groups is 2. The van der Waals surface area contributed by atoms with E-state index in [-0.39, 0.29) is 17.4 Å². The molecule has 0 aliphatic carbocycles. The predicted octanol–water partition coefficient (Wildman–Crippen LogP) is 4.95. The zero-order valence-electron chi connectivity index (χ0n) is 21.7. The summed E-state index contributed by atoms with van der Waals surface area (Å²) in [7, 11) is 0. The van der Waals surface area contributed by atoms with Crippen molar-refractivity contribution < 1.29 is 9.59 Å². The Kier molecular flexibility index (Phi) is 7.80. The Bertz CT molecular complexity index is 1180. The van der Waals surface area contributed by atoms with Crippen LogP contribution in [0.4, 0.5) is 0 Å². The Morgan fingerprint density at radius 1 is 1.00 bits per heavy atom. The topological polar surface area (TPSA) is 66.4 Å². The predicted molar refractivity (Wildman–Crippen MR) is 144 cm³/mol. The van der Waals surface area contributed by atoms with Crippen LogP contribution in [0.15, 0.2) is 42.5 Å². The maximum atomic E-state index is 13.0. The van der Waals surface area contributed by atoms with E-state index in [1.54, 1.807) is 0 Å². The van der Waals surface area contributed by atoms with Crippen molar-refractivity contribution in [2.75, 3.05) is 26.2 Å². The van der Waals surface area contributed by atoms with Crippen LogP contribution < -0.4 is 10.6 Å². The number of hydrogen-bond donors (Lipinski definition) is 2. The maximum Gasteiger partial charge on any atom is 0.251 e. The molecule has 6 heteroatoms. The maximum absolute atomic E-state index is 13.0. The number of para-hydroxylation sites is 1. The number of aromatic nitrogens is 1. The van der Waals surface area contributed by atoms with Gasteiger partial charge in [0.2, 0.25) is 5.91 Å². The summed E-state index contributed by atoms with van der Waals surface area (Å²) in [5.74, 6) is 0.514. The van der Waals surface area contributed by atoms with E-state index in [1.165, 1.54) is 16.4 Å². The molecule has 0 saturated carbocycles. The highest BCUT2D eigenvalue weighted by Crippen LogP contribution is 2.30. The smallest absolute Gasteiger partial charge is 0.251 e. The number of hydrogen-bond acceptors (Lipinski definition) is 3. The van der Waals surface area contributed by atoms with Gasteiger partial charge in [-0.15, -0.1) is 0 Å². The summed E-state index contributed by atoms with van der Waals surface area (Å²) in [6.45, 7) is 12.1. The molecule has 3 aromatic rings. The molecule has 0 bridgehead atoms. The number of piperidine rings is 1. The lowest BCUT2D eigenvalue weighted by molar-refractivity contribution is -0.124. The first-order valence-corrected chi connectivity index (χ1v) is 13.1. The van der Waals surface area contributed by atoms with Crippen LogP contribution in [-0.2, 0) is 11.3 Å². The highest BCUT2D eigenvalue weighted by molar-refractivity contribution is 6.10. The van der Waals surface area contributed by atoms with Crippen LogP contribution in [0.1, 0.15) is 63.7 Å². The number of carbonyl (C=O) groups excluding carboxylic acids is 2. The van der Waals surface area contributed by atoms with Gasteiger partial charge in [0.05, 0.1) is 6.54 Å². The lowest BCUT2D eigenvalue weighted by Crippen LogP contribution is -2.48. The van der Waals surface area contributed by atoms with Gasteiger partial charge in [-0.25, -0.2) is 0 Å². The molecule has 35 heavy (non-hydrogen) atoms. The lowest BCUT2D eigenvalue weighted by atomic mass is 9.96. The Morgan fingerprint density at radius 2 is 1.71 bits per heavy atom. The SMILES string of the molecule is CCCCn1c2ccccc2c2cc(C(=O)NCC3CCN(CC(=O)NC(C)(C)C)CC3)ccc21. The van der Waals surface area contributed by atoms with E-state index in [0.717, 1.165) is 50.7 Å². The van der Waals surface area contributed by atoms with Crippen molar-refractivity contribution in [3.63, 3.8) is 0 Å². The number of nitrogens with one attached hydrogen (secondary N) is 2. The minimum absolute atomic E-state index is 0.00993. The highest BCUT2D eigenvalue weighted by atomic mass is 16.2. The molecule has 1 aliphatic rings. The number of unbranched alkanes of at least 4 members (excludes halogenated alkanes) is 1. The largest absolute Gasteiger partial charge is 0.352 e. The molecule has 0 radical (unpaired) electrons. The number of nitrogens with zero attached hydrogens (tertiary/aromatic N) is 2. The fourth-order valence-electron chi connectivity index (χ4n) is 5.10. The lowest BCUT2D eigenvalue weighted by Gasteiger charge is -2.32. The molecular weight excluding hydrogens is 436 g/mol. The minimum Gasteiger partial charge on any atom is -0.352 e. The summed E-state index contributed by atoms with van der Waals surface area (Å²) in [5, 5.41) is 8.55. The molecule has 0 spiro atoms. The van der Waals surface area contributed by atoms with Gasteiger partial charge >= 0.3 is 0 Å². The van der Waals surface area contributed by atoms with E-state index in [0.29, 0.717) is 24.6 Å². The molecule has 4 rings (SSSR count). The Balaban J connectivity index is 1.35. The van der Waals surface area contributed by atoms with Gasteiger partial charge in [0, 0.05) is 46.0 Å². The van der Waals surface area contributed by atoms with E-state index in [1.807, 2.05) is 32.9 Å². The normalized spacial score (nSPS) is 15.5. The third-order valence-corrected chi connectivity index (χ3v) is 6.91. The molecule has 2 N–H and O–H groups in total. The second-order valence-corrected chi connectivity index (χ2v) is 11.0. The number of fused-ring (bicyclic) bond motifs is 3. The summed E-state index contributed by atoms with van der Waals surface area (Å²) in [4.78, 5) is 27.4. The second-order valence-electron chi connectivity index (χ2n) is 11.0. The van der Waals surface area contributed by atoms with Crippen LogP contribution in [0.2, 0.25) is 0 Å². The summed E-state index contributed by atoms with van der Waals surface area (Å²) in [6.07, 6.45) is 4.27. The first kappa shape index (κ1) is 25.2. The van der Waals surface area contributed by atoms with Gasteiger partial charge in [-0.05, 0) is 83.3 Å². The Labute approximate surface area is 209 Å². The third kappa shape index (κ3) is 6.23.